The first kappa shape index (κ1) is 21.1. The zero-order chi connectivity index (χ0) is 21.5. The molecule has 1 fully saturated rings. The molecule has 0 unspecified atom stereocenters. The monoisotopic (exact) mass is 446 g/mol. The van der Waals surface area contributed by atoms with Crippen molar-refractivity contribution in [2.75, 3.05) is 6.54 Å². The van der Waals surface area contributed by atoms with Gasteiger partial charge in [-0.25, -0.2) is 4.98 Å². The van der Waals surface area contributed by atoms with E-state index in [9.17, 15) is 9.90 Å². The van der Waals surface area contributed by atoms with E-state index in [4.69, 9.17) is 23.2 Å². The smallest absolute Gasteiger partial charge is 0.237 e. The van der Waals surface area contributed by atoms with E-state index in [2.05, 4.69) is 15.3 Å². The van der Waals surface area contributed by atoms with Crippen molar-refractivity contribution in [3.63, 3.8) is 0 Å². The van der Waals surface area contributed by atoms with Gasteiger partial charge in [-0.3, -0.25) is 9.69 Å². The average Bonchev–Trinajstić information content (AvgIpc) is 3.31. The maximum atomic E-state index is 13.0. The number of aromatic amines is 1. The van der Waals surface area contributed by atoms with Gasteiger partial charge < -0.3 is 15.4 Å². The average molecular weight is 447 g/mol. The van der Waals surface area contributed by atoms with Gasteiger partial charge in [0.15, 0.2) is 0 Å². The van der Waals surface area contributed by atoms with E-state index in [1.165, 1.54) is 0 Å². The van der Waals surface area contributed by atoms with Gasteiger partial charge in [0.25, 0.3) is 0 Å². The zero-order valence-electron chi connectivity index (χ0n) is 16.8. The first-order valence-corrected chi connectivity index (χ1v) is 10.6. The molecule has 2 atom stereocenters. The molecule has 3 N–H and O–H groups in total. The lowest BCUT2D eigenvalue weighted by molar-refractivity contribution is -0.127. The number of likely N-dealkylation sites (tertiary alicyclic amines) is 1. The molecule has 1 amide bonds. The number of aromatic nitrogens is 2. The fourth-order valence-electron chi connectivity index (χ4n) is 4.10. The van der Waals surface area contributed by atoms with Gasteiger partial charge in [-0.05, 0) is 50.1 Å². The molecule has 0 bridgehead atoms. The number of aliphatic hydroxyl groups is 1. The molecule has 0 spiro atoms. The van der Waals surface area contributed by atoms with Gasteiger partial charge in [-0.15, -0.1) is 0 Å². The first-order valence-electron chi connectivity index (χ1n) is 9.87. The third-order valence-corrected chi connectivity index (χ3v) is 6.53. The molecule has 6 nitrogen and oxygen atoms in total. The van der Waals surface area contributed by atoms with Crippen LogP contribution in [-0.4, -0.2) is 44.6 Å². The van der Waals surface area contributed by atoms with Crippen LogP contribution in [0, 0.1) is 0 Å². The Hall–Kier alpha value is -2.12. The van der Waals surface area contributed by atoms with Gasteiger partial charge in [-0.2, -0.15) is 0 Å². The summed E-state index contributed by atoms with van der Waals surface area (Å²) in [5.74, 6) is 0.554. The van der Waals surface area contributed by atoms with Gasteiger partial charge in [-0.1, -0.05) is 41.4 Å². The number of para-hydroxylation sites is 2. The molecule has 1 aliphatic rings. The summed E-state index contributed by atoms with van der Waals surface area (Å²) in [5, 5.41) is 14.2. The minimum atomic E-state index is -0.575. The minimum absolute atomic E-state index is 0.139. The predicted molar refractivity (Wildman–Crippen MR) is 119 cm³/mol. The van der Waals surface area contributed by atoms with Crippen molar-refractivity contribution in [1.29, 1.82) is 0 Å². The van der Waals surface area contributed by atoms with Crippen LogP contribution in [0.15, 0.2) is 42.5 Å². The molecular weight excluding hydrogens is 423 g/mol. The standard InChI is InChI=1S/C22H24Cl2N4O2/c1-22(2,13-7-8-15(23)16(24)9-13)28-12-14(29)10-19(28)21(30)25-11-20-26-17-5-3-4-6-18(17)27-20/h3-9,14,19,29H,10-12H2,1-2H3,(H,25,30)(H,26,27)/t14-,19+/m1/s1. The van der Waals surface area contributed by atoms with E-state index in [-0.39, 0.29) is 5.91 Å². The van der Waals surface area contributed by atoms with Crippen LogP contribution >= 0.6 is 23.2 Å². The van der Waals surface area contributed by atoms with Gasteiger partial charge in [0.05, 0.1) is 39.8 Å². The third-order valence-electron chi connectivity index (χ3n) is 5.79. The number of nitrogens with one attached hydrogen (secondary N) is 2. The van der Waals surface area contributed by atoms with Crippen molar-refractivity contribution in [1.82, 2.24) is 20.2 Å². The summed E-state index contributed by atoms with van der Waals surface area (Å²) in [5.41, 5.74) is 2.20. The molecule has 1 aromatic heterocycles. The number of amides is 1. The van der Waals surface area contributed by atoms with Crippen molar-refractivity contribution in [2.45, 2.75) is 44.5 Å². The van der Waals surface area contributed by atoms with E-state index in [1.54, 1.807) is 6.07 Å². The summed E-state index contributed by atoms with van der Waals surface area (Å²) in [6, 6.07) is 12.7. The minimum Gasteiger partial charge on any atom is -0.392 e. The number of halogens is 2. The number of H-pyrrole nitrogens is 1. The largest absolute Gasteiger partial charge is 0.392 e. The highest BCUT2D eigenvalue weighted by Crippen LogP contribution is 2.37. The SMILES string of the molecule is CC(C)(c1ccc(Cl)c(Cl)c1)N1C[C@H](O)C[C@H]1C(=O)NCc1nc2ccccc2[nH]1. The van der Waals surface area contributed by atoms with Crippen LogP contribution in [0.5, 0.6) is 0 Å². The Morgan fingerprint density at radius 3 is 2.77 bits per heavy atom. The summed E-state index contributed by atoms with van der Waals surface area (Å²) < 4.78 is 0. The van der Waals surface area contributed by atoms with Crippen molar-refractivity contribution in [2.24, 2.45) is 0 Å². The van der Waals surface area contributed by atoms with Crippen LogP contribution in [0.2, 0.25) is 10.0 Å². The number of benzene rings is 2. The van der Waals surface area contributed by atoms with Crippen molar-refractivity contribution >= 4 is 40.1 Å². The number of β-amino-alcohol motifs (C(OH)–C–C–N with tert-alkyl or cyclic N) is 1. The number of fused-ring (bicyclic) bond motifs is 1. The molecule has 30 heavy (non-hydrogen) atoms. The van der Waals surface area contributed by atoms with Crippen LogP contribution in [0.4, 0.5) is 0 Å². The van der Waals surface area contributed by atoms with Crippen LogP contribution < -0.4 is 5.32 Å². The maximum absolute atomic E-state index is 13.0. The molecule has 3 aromatic rings. The quantitative estimate of drug-likeness (QED) is 0.555. The lowest BCUT2D eigenvalue weighted by Gasteiger charge is -2.39. The number of imidazole rings is 1. The summed E-state index contributed by atoms with van der Waals surface area (Å²) in [6.07, 6.45) is -0.203. The second-order valence-corrected chi connectivity index (χ2v) is 8.98. The second-order valence-electron chi connectivity index (χ2n) is 8.16. The van der Waals surface area contributed by atoms with Crippen molar-refractivity contribution < 1.29 is 9.90 Å². The third kappa shape index (κ3) is 4.05. The number of hydrogen-bond acceptors (Lipinski definition) is 4. The summed E-state index contributed by atoms with van der Waals surface area (Å²) in [7, 11) is 0. The normalized spacial score (nSPS) is 20.0. The summed E-state index contributed by atoms with van der Waals surface area (Å²) >= 11 is 12.3. The fraction of sp³-hybridized carbons (Fsp3) is 0.364. The lowest BCUT2D eigenvalue weighted by atomic mass is 9.91. The second kappa shape index (κ2) is 8.19. The predicted octanol–water partition coefficient (Wildman–Crippen LogP) is 3.86. The van der Waals surface area contributed by atoms with Gasteiger partial charge in [0, 0.05) is 12.1 Å². The molecule has 8 heteroatoms. The molecule has 2 aromatic carbocycles. The molecule has 0 saturated carbocycles. The number of hydrogen-bond donors (Lipinski definition) is 3. The van der Waals surface area contributed by atoms with Crippen LogP contribution in [-0.2, 0) is 16.9 Å². The highest BCUT2D eigenvalue weighted by atomic mass is 35.5. The Morgan fingerprint density at radius 2 is 2.03 bits per heavy atom. The molecule has 1 saturated heterocycles. The summed E-state index contributed by atoms with van der Waals surface area (Å²) in [6.45, 7) is 4.73. The van der Waals surface area contributed by atoms with E-state index in [0.717, 1.165) is 16.6 Å². The van der Waals surface area contributed by atoms with Crippen LogP contribution in [0.1, 0.15) is 31.7 Å². The molecule has 0 radical (unpaired) electrons. The highest BCUT2D eigenvalue weighted by Gasteiger charge is 2.44. The molecule has 158 valence electrons. The Morgan fingerprint density at radius 1 is 1.27 bits per heavy atom. The molecule has 4 rings (SSSR count). The van der Waals surface area contributed by atoms with Crippen LogP contribution in [0.25, 0.3) is 11.0 Å². The zero-order valence-corrected chi connectivity index (χ0v) is 18.3. The van der Waals surface area contributed by atoms with Gasteiger partial charge in [0.2, 0.25) is 5.91 Å². The fourth-order valence-corrected chi connectivity index (χ4v) is 4.40. The Kier molecular flexibility index (Phi) is 5.77. The van der Waals surface area contributed by atoms with E-state index >= 15 is 0 Å². The molecule has 0 aliphatic carbocycles. The first-order chi connectivity index (χ1) is 14.3. The highest BCUT2D eigenvalue weighted by molar-refractivity contribution is 6.42. The number of rotatable bonds is 5. The summed E-state index contributed by atoms with van der Waals surface area (Å²) in [4.78, 5) is 22.8. The van der Waals surface area contributed by atoms with E-state index in [0.29, 0.717) is 35.4 Å². The van der Waals surface area contributed by atoms with Crippen molar-refractivity contribution in [3.05, 3.63) is 63.9 Å². The number of carbonyl (C=O) groups excluding carboxylic acids is 1. The number of carbonyl (C=O) groups is 1. The Labute approximate surface area is 185 Å². The Bertz CT molecular complexity index is 1050. The lowest BCUT2D eigenvalue weighted by Crippen LogP contribution is -2.51. The van der Waals surface area contributed by atoms with E-state index in [1.807, 2.05) is 55.1 Å². The Balaban J connectivity index is 1.51. The van der Waals surface area contributed by atoms with E-state index < -0.39 is 17.7 Å². The molecular formula is C22H24Cl2N4O2. The van der Waals surface area contributed by atoms with Crippen LogP contribution in [0.3, 0.4) is 0 Å². The topological polar surface area (TPSA) is 81.2 Å². The van der Waals surface area contributed by atoms with Gasteiger partial charge >= 0.3 is 0 Å². The number of nitrogens with zero attached hydrogens (tertiary/aromatic N) is 2. The molecule has 2 heterocycles. The van der Waals surface area contributed by atoms with Gasteiger partial charge in [0.1, 0.15) is 5.82 Å². The van der Waals surface area contributed by atoms with Crippen molar-refractivity contribution in [3.8, 4) is 0 Å². The number of aliphatic hydroxyl groups excluding tert-OH is 1. The molecule has 1 aliphatic heterocycles. The maximum Gasteiger partial charge on any atom is 0.237 e.